The zero-order valence-corrected chi connectivity index (χ0v) is 12.0. The standard InChI is InChI=1S/C16H17ClN2O/c1-11(13-3-2-4-14(17)10-13)19-16(20)9-12-5-7-15(18)8-6-12/h2-8,10-11H,9,18H2,1H3,(H,19,20). The lowest BCUT2D eigenvalue weighted by Gasteiger charge is -2.14. The van der Waals surface area contributed by atoms with Crippen LogP contribution in [0.15, 0.2) is 48.5 Å². The van der Waals surface area contributed by atoms with Gasteiger partial charge in [-0.15, -0.1) is 0 Å². The number of amides is 1. The van der Waals surface area contributed by atoms with E-state index < -0.39 is 0 Å². The highest BCUT2D eigenvalue weighted by molar-refractivity contribution is 6.30. The number of rotatable bonds is 4. The van der Waals surface area contributed by atoms with Gasteiger partial charge >= 0.3 is 0 Å². The number of hydrogen-bond donors (Lipinski definition) is 2. The Hall–Kier alpha value is -2.00. The lowest BCUT2D eigenvalue weighted by atomic mass is 10.1. The molecule has 0 aliphatic carbocycles. The number of hydrogen-bond acceptors (Lipinski definition) is 2. The smallest absolute Gasteiger partial charge is 0.224 e. The molecule has 0 aromatic heterocycles. The molecule has 0 spiro atoms. The summed E-state index contributed by atoms with van der Waals surface area (Å²) < 4.78 is 0. The third kappa shape index (κ3) is 4.00. The normalized spacial score (nSPS) is 11.9. The van der Waals surface area contributed by atoms with Crippen molar-refractivity contribution in [3.8, 4) is 0 Å². The Kier molecular flexibility index (Phi) is 4.64. The fourth-order valence-electron chi connectivity index (χ4n) is 1.97. The third-order valence-corrected chi connectivity index (χ3v) is 3.31. The predicted molar refractivity (Wildman–Crippen MR) is 82.6 cm³/mol. The van der Waals surface area contributed by atoms with Crippen molar-refractivity contribution >= 4 is 23.2 Å². The van der Waals surface area contributed by atoms with Gasteiger partial charge in [0.1, 0.15) is 0 Å². The Morgan fingerprint density at radius 1 is 1.25 bits per heavy atom. The van der Waals surface area contributed by atoms with Crippen LogP contribution in [-0.2, 0) is 11.2 Å². The number of carbonyl (C=O) groups excluding carboxylic acids is 1. The van der Waals surface area contributed by atoms with Crippen molar-refractivity contribution in [1.29, 1.82) is 0 Å². The Balaban J connectivity index is 1.95. The molecule has 0 saturated carbocycles. The summed E-state index contributed by atoms with van der Waals surface area (Å²) in [4.78, 5) is 12.0. The lowest BCUT2D eigenvalue weighted by molar-refractivity contribution is -0.121. The van der Waals surface area contributed by atoms with Gasteiger partial charge in [-0.05, 0) is 42.3 Å². The molecule has 0 aliphatic heterocycles. The maximum absolute atomic E-state index is 12.0. The predicted octanol–water partition coefficient (Wildman–Crippen LogP) is 3.34. The van der Waals surface area contributed by atoms with E-state index in [1.165, 1.54) is 0 Å². The molecule has 0 fully saturated rings. The number of nitrogens with two attached hydrogens (primary N) is 1. The van der Waals surface area contributed by atoms with Crippen LogP contribution in [0.5, 0.6) is 0 Å². The molecule has 0 bridgehead atoms. The van der Waals surface area contributed by atoms with Gasteiger partial charge in [0.2, 0.25) is 5.91 Å². The van der Waals surface area contributed by atoms with E-state index in [-0.39, 0.29) is 11.9 Å². The zero-order valence-electron chi connectivity index (χ0n) is 11.3. The average Bonchev–Trinajstić information content (AvgIpc) is 2.41. The number of nitrogen functional groups attached to an aromatic ring is 1. The zero-order chi connectivity index (χ0) is 14.5. The molecule has 1 unspecified atom stereocenters. The highest BCUT2D eigenvalue weighted by Gasteiger charge is 2.10. The quantitative estimate of drug-likeness (QED) is 0.848. The Morgan fingerprint density at radius 2 is 1.95 bits per heavy atom. The first kappa shape index (κ1) is 14.4. The summed E-state index contributed by atoms with van der Waals surface area (Å²) >= 11 is 5.95. The van der Waals surface area contributed by atoms with Crippen molar-refractivity contribution < 1.29 is 4.79 Å². The van der Waals surface area contributed by atoms with Gasteiger partial charge in [0.15, 0.2) is 0 Å². The van der Waals surface area contributed by atoms with Gasteiger partial charge in [-0.1, -0.05) is 35.9 Å². The van der Waals surface area contributed by atoms with Gasteiger partial charge in [-0.3, -0.25) is 4.79 Å². The summed E-state index contributed by atoms with van der Waals surface area (Å²) in [5.74, 6) is -0.0257. The van der Waals surface area contributed by atoms with E-state index in [0.29, 0.717) is 17.1 Å². The first-order valence-electron chi connectivity index (χ1n) is 6.44. The van der Waals surface area contributed by atoms with Crippen LogP contribution in [0.25, 0.3) is 0 Å². The second-order valence-electron chi connectivity index (χ2n) is 4.76. The largest absolute Gasteiger partial charge is 0.399 e. The number of benzene rings is 2. The molecule has 3 nitrogen and oxygen atoms in total. The minimum Gasteiger partial charge on any atom is -0.399 e. The van der Waals surface area contributed by atoms with Gasteiger partial charge in [0.05, 0.1) is 12.5 Å². The molecular formula is C16H17ClN2O. The molecule has 0 heterocycles. The van der Waals surface area contributed by atoms with Gasteiger partial charge in [-0.2, -0.15) is 0 Å². The van der Waals surface area contributed by atoms with Crippen molar-refractivity contribution in [2.45, 2.75) is 19.4 Å². The van der Waals surface area contributed by atoms with Gasteiger partial charge in [0, 0.05) is 10.7 Å². The molecule has 0 saturated heterocycles. The van der Waals surface area contributed by atoms with Crippen LogP contribution in [0.2, 0.25) is 5.02 Å². The molecule has 2 aromatic carbocycles. The van der Waals surface area contributed by atoms with Gasteiger partial charge in [-0.25, -0.2) is 0 Å². The first-order chi connectivity index (χ1) is 9.54. The van der Waals surface area contributed by atoms with Crippen molar-refractivity contribution in [3.63, 3.8) is 0 Å². The average molecular weight is 289 g/mol. The Morgan fingerprint density at radius 3 is 2.60 bits per heavy atom. The van der Waals surface area contributed by atoms with Crippen molar-refractivity contribution in [3.05, 3.63) is 64.7 Å². The summed E-state index contributed by atoms with van der Waals surface area (Å²) in [7, 11) is 0. The molecule has 1 amide bonds. The van der Waals surface area contributed by atoms with Gasteiger partial charge < -0.3 is 11.1 Å². The van der Waals surface area contributed by atoms with E-state index in [2.05, 4.69) is 5.32 Å². The molecule has 20 heavy (non-hydrogen) atoms. The molecule has 0 radical (unpaired) electrons. The summed E-state index contributed by atoms with van der Waals surface area (Å²) in [5.41, 5.74) is 8.24. The van der Waals surface area contributed by atoms with E-state index >= 15 is 0 Å². The van der Waals surface area contributed by atoms with E-state index in [9.17, 15) is 4.79 Å². The molecule has 4 heteroatoms. The van der Waals surface area contributed by atoms with Crippen LogP contribution in [0, 0.1) is 0 Å². The number of halogens is 1. The van der Waals surface area contributed by atoms with Crippen molar-refractivity contribution in [1.82, 2.24) is 5.32 Å². The molecule has 2 aromatic rings. The van der Waals surface area contributed by atoms with Crippen LogP contribution in [0.3, 0.4) is 0 Å². The molecule has 1 atom stereocenters. The van der Waals surface area contributed by atoms with E-state index in [0.717, 1.165) is 11.1 Å². The van der Waals surface area contributed by atoms with E-state index in [1.807, 2.05) is 43.3 Å². The van der Waals surface area contributed by atoms with E-state index in [4.69, 9.17) is 17.3 Å². The summed E-state index contributed by atoms with van der Waals surface area (Å²) in [5, 5.41) is 3.63. The van der Waals surface area contributed by atoms with E-state index in [1.54, 1.807) is 12.1 Å². The highest BCUT2D eigenvalue weighted by atomic mass is 35.5. The van der Waals surface area contributed by atoms with Crippen molar-refractivity contribution in [2.75, 3.05) is 5.73 Å². The van der Waals surface area contributed by atoms with Crippen LogP contribution in [0.1, 0.15) is 24.1 Å². The van der Waals surface area contributed by atoms with Crippen LogP contribution in [-0.4, -0.2) is 5.91 Å². The SMILES string of the molecule is CC(NC(=O)Cc1ccc(N)cc1)c1cccc(Cl)c1. The minimum atomic E-state index is -0.0741. The molecule has 104 valence electrons. The monoisotopic (exact) mass is 288 g/mol. The number of carbonyl (C=O) groups is 1. The molecular weight excluding hydrogens is 272 g/mol. The van der Waals surface area contributed by atoms with Crippen LogP contribution < -0.4 is 11.1 Å². The summed E-state index contributed by atoms with van der Waals surface area (Å²) in [6.45, 7) is 1.94. The molecule has 3 N–H and O–H groups in total. The topological polar surface area (TPSA) is 55.1 Å². The fraction of sp³-hybridized carbons (Fsp3) is 0.188. The van der Waals surface area contributed by atoms with Crippen LogP contribution >= 0.6 is 11.6 Å². The lowest BCUT2D eigenvalue weighted by Crippen LogP contribution is -2.28. The third-order valence-electron chi connectivity index (χ3n) is 3.07. The maximum Gasteiger partial charge on any atom is 0.224 e. The van der Waals surface area contributed by atoms with Crippen molar-refractivity contribution in [2.24, 2.45) is 0 Å². The maximum atomic E-state index is 12.0. The Labute approximate surface area is 123 Å². The number of nitrogens with one attached hydrogen (secondary N) is 1. The van der Waals surface area contributed by atoms with Gasteiger partial charge in [0.25, 0.3) is 0 Å². The first-order valence-corrected chi connectivity index (χ1v) is 6.81. The Bertz CT molecular complexity index is 596. The summed E-state index contributed by atoms with van der Waals surface area (Å²) in [6, 6.07) is 14.7. The molecule has 0 aliphatic rings. The summed E-state index contributed by atoms with van der Waals surface area (Å²) in [6.07, 6.45) is 0.338. The second-order valence-corrected chi connectivity index (χ2v) is 5.20. The molecule has 2 rings (SSSR count). The highest BCUT2D eigenvalue weighted by Crippen LogP contribution is 2.17. The van der Waals surface area contributed by atoms with Crippen LogP contribution in [0.4, 0.5) is 5.69 Å². The number of anilines is 1. The second kappa shape index (κ2) is 6.44. The fourth-order valence-corrected chi connectivity index (χ4v) is 2.17. The minimum absolute atomic E-state index is 0.0257.